The summed E-state index contributed by atoms with van der Waals surface area (Å²) in [7, 11) is 0. The van der Waals surface area contributed by atoms with Crippen LogP contribution in [0.5, 0.6) is 0 Å². The molecule has 6 aromatic rings. The smallest absolute Gasteiger partial charge is 0.0730 e. The summed E-state index contributed by atoms with van der Waals surface area (Å²) in [6, 6.07) is 29.3. The summed E-state index contributed by atoms with van der Waals surface area (Å²) in [5.41, 5.74) is 8.20. The summed E-state index contributed by atoms with van der Waals surface area (Å²) in [4.78, 5) is 16.7. The van der Waals surface area contributed by atoms with Crippen LogP contribution in [0.25, 0.3) is 44.9 Å². The van der Waals surface area contributed by atoms with Crippen LogP contribution in [0.15, 0.2) is 109 Å². The van der Waals surface area contributed by atoms with Crippen molar-refractivity contribution in [3.8, 4) is 0 Å². The number of para-hydroxylation sites is 3. The van der Waals surface area contributed by atoms with E-state index in [-0.39, 0.29) is 0 Å². The molecule has 4 nitrogen and oxygen atoms in total. The largest absolute Gasteiger partial charge is 0.308 e. The van der Waals surface area contributed by atoms with Crippen molar-refractivity contribution in [2.75, 3.05) is 4.90 Å². The van der Waals surface area contributed by atoms with Crippen molar-refractivity contribution >= 4 is 61.9 Å². The van der Waals surface area contributed by atoms with E-state index in [1.807, 2.05) is 24.5 Å². The summed E-state index contributed by atoms with van der Waals surface area (Å²) < 4.78 is 0. The van der Waals surface area contributed by atoms with E-state index in [4.69, 9.17) is 9.97 Å². The van der Waals surface area contributed by atoms with Gasteiger partial charge < -0.3 is 4.90 Å². The van der Waals surface area contributed by atoms with Crippen LogP contribution < -0.4 is 4.90 Å². The van der Waals surface area contributed by atoms with Crippen LogP contribution in [0.2, 0.25) is 0 Å². The summed E-state index contributed by atoms with van der Waals surface area (Å²) in [6.07, 6.45) is 13.3. The van der Waals surface area contributed by atoms with E-state index in [1.165, 1.54) is 0 Å². The third kappa shape index (κ3) is 3.27. The number of hydrogen-bond donors (Lipinski definition) is 0. The average molecular weight is 463 g/mol. The fraction of sp³-hybridized carbons (Fsp3) is 0.0312. The van der Waals surface area contributed by atoms with Gasteiger partial charge in [0.05, 0.1) is 33.6 Å². The molecule has 0 N–H and O–H groups in total. The Hall–Kier alpha value is -4.83. The SMILES string of the molecule is C1=Cc2nc3ccccc3c(N(c3ccncc3)c3c4ccccc4nc4ccccc34)c2C=CC1. The minimum atomic E-state index is 0.878. The minimum Gasteiger partial charge on any atom is -0.308 e. The average Bonchev–Trinajstić information content (AvgIpc) is 3.18. The second kappa shape index (κ2) is 8.43. The van der Waals surface area contributed by atoms with E-state index in [0.29, 0.717) is 0 Å². The molecule has 3 aromatic heterocycles. The molecule has 3 aromatic carbocycles. The van der Waals surface area contributed by atoms with Crippen LogP contribution >= 0.6 is 0 Å². The lowest BCUT2D eigenvalue weighted by atomic mass is 10.00. The summed E-state index contributed by atoms with van der Waals surface area (Å²) in [6.45, 7) is 0. The Morgan fingerprint density at radius 3 is 1.78 bits per heavy atom. The van der Waals surface area contributed by atoms with Crippen molar-refractivity contribution in [2.45, 2.75) is 6.42 Å². The molecule has 170 valence electrons. The van der Waals surface area contributed by atoms with Crippen molar-refractivity contribution in [3.05, 3.63) is 121 Å². The van der Waals surface area contributed by atoms with Crippen molar-refractivity contribution in [2.24, 2.45) is 0 Å². The highest BCUT2D eigenvalue weighted by Crippen LogP contribution is 2.47. The second-order valence-electron chi connectivity index (χ2n) is 8.85. The van der Waals surface area contributed by atoms with Gasteiger partial charge in [-0.2, -0.15) is 0 Å². The van der Waals surface area contributed by atoms with Gasteiger partial charge in [-0.3, -0.25) is 4.98 Å². The van der Waals surface area contributed by atoms with E-state index < -0.39 is 0 Å². The third-order valence-electron chi connectivity index (χ3n) is 6.69. The monoisotopic (exact) mass is 462 g/mol. The number of pyridine rings is 3. The zero-order valence-electron chi connectivity index (χ0n) is 19.5. The maximum atomic E-state index is 5.04. The molecule has 0 saturated heterocycles. The van der Waals surface area contributed by atoms with Gasteiger partial charge in [-0.25, -0.2) is 9.97 Å². The van der Waals surface area contributed by atoms with Gasteiger partial charge in [-0.1, -0.05) is 72.8 Å². The topological polar surface area (TPSA) is 41.9 Å². The molecule has 0 aliphatic heterocycles. The molecule has 4 heteroatoms. The maximum Gasteiger partial charge on any atom is 0.0730 e. The standard InChI is InChI=1S/C32H22N4/c1-2-10-23-27(14-3-1)34-28-15-7-4-11-24(28)31(23)36(22-18-20-33-21-19-22)32-25-12-5-8-16-29(25)35-30-17-9-6-13-26(30)32/h2-21H,1H2. The third-order valence-corrected chi connectivity index (χ3v) is 6.69. The lowest BCUT2D eigenvalue weighted by molar-refractivity contribution is 1.24. The zero-order valence-corrected chi connectivity index (χ0v) is 19.5. The Kier molecular flexibility index (Phi) is 4.81. The molecular formula is C32H22N4. The number of anilines is 3. The molecule has 36 heavy (non-hydrogen) atoms. The van der Waals surface area contributed by atoms with E-state index in [9.17, 15) is 0 Å². The Bertz CT molecular complexity index is 1770. The minimum absolute atomic E-state index is 0.878. The van der Waals surface area contributed by atoms with E-state index in [0.717, 1.165) is 67.4 Å². The number of hydrogen-bond acceptors (Lipinski definition) is 4. The number of fused-ring (bicyclic) bond motifs is 4. The molecule has 0 saturated carbocycles. The Morgan fingerprint density at radius 1 is 0.556 bits per heavy atom. The Morgan fingerprint density at radius 2 is 1.11 bits per heavy atom. The first-order chi connectivity index (χ1) is 17.9. The highest BCUT2D eigenvalue weighted by Gasteiger charge is 2.25. The van der Waals surface area contributed by atoms with Gasteiger partial charge in [0.15, 0.2) is 0 Å². The van der Waals surface area contributed by atoms with Crippen LogP contribution in [0, 0.1) is 0 Å². The number of aromatic nitrogens is 3. The van der Waals surface area contributed by atoms with Crippen molar-refractivity contribution < 1.29 is 0 Å². The summed E-state index contributed by atoms with van der Waals surface area (Å²) >= 11 is 0. The van der Waals surface area contributed by atoms with E-state index in [1.54, 1.807) is 0 Å². The lowest BCUT2D eigenvalue weighted by Crippen LogP contribution is -2.14. The number of rotatable bonds is 3. The molecule has 7 rings (SSSR count). The van der Waals surface area contributed by atoms with Gasteiger partial charge in [-0.15, -0.1) is 0 Å². The van der Waals surface area contributed by atoms with Crippen molar-refractivity contribution in [3.63, 3.8) is 0 Å². The van der Waals surface area contributed by atoms with Crippen molar-refractivity contribution in [1.82, 2.24) is 15.0 Å². The van der Waals surface area contributed by atoms with Gasteiger partial charge in [0.2, 0.25) is 0 Å². The molecule has 0 amide bonds. The number of benzene rings is 3. The normalized spacial score (nSPS) is 12.7. The lowest BCUT2D eigenvalue weighted by Gasteiger charge is -2.30. The summed E-state index contributed by atoms with van der Waals surface area (Å²) in [5.74, 6) is 0. The van der Waals surface area contributed by atoms with Gasteiger partial charge in [0.1, 0.15) is 0 Å². The highest BCUT2D eigenvalue weighted by molar-refractivity contribution is 6.14. The molecule has 0 atom stereocenters. The van der Waals surface area contributed by atoms with Gasteiger partial charge >= 0.3 is 0 Å². The van der Waals surface area contributed by atoms with Crippen LogP contribution in [-0.2, 0) is 0 Å². The van der Waals surface area contributed by atoms with Gasteiger partial charge in [-0.05, 0) is 42.8 Å². The molecule has 0 radical (unpaired) electrons. The van der Waals surface area contributed by atoms with Crippen LogP contribution in [0.4, 0.5) is 17.1 Å². The second-order valence-corrected chi connectivity index (χ2v) is 8.85. The quantitative estimate of drug-likeness (QED) is 0.248. The predicted molar refractivity (Wildman–Crippen MR) is 150 cm³/mol. The van der Waals surface area contributed by atoms with Crippen LogP contribution in [0.3, 0.4) is 0 Å². The fourth-order valence-corrected chi connectivity index (χ4v) is 5.13. The van der Waals surface area contributed by atoms with Crippen LogP contribution in [-0.4, -0.2) is 15.0 Å². The predicted octanol–water partition coefficient (Wildman–Crippen LogP) is 8.23. The van der Waals surface area contributed by atoms with Crippen molar-refractivity contribution in [1.29, 1.82) is 0 Å². The van der Waals surface area contributed by atoms with E-state index >= 15 is 0 Å². The molecule has 3 heterocycles. The molecule has 1 aliphatic carbocycles. The molecule has 0 unspecified atom stereocenters. The van der Waals surface area contributed by atoms with Gasteiger partial charge in [0.25, 0.3) is 0 Å². The molecule has 0 bridgehead atoms. The Labute approximate surface area is 208 Å². The summed E-state index contributed by atoms with van der Waals surface area (Å²) in [5, 5.41) is 3.28. The first kappa shape index (κ1) is 20.5. The fourth-order valence-electron chi connectivity index (χ4n) is 5.13. The maximum absolute atomic E-state index is 5.04. The first-order valence-electron chi connectivity index (χ1n) is 12.1. The molecule has 0 fully saturated rings. The molecular weight excluding hydrogens is 440 g/mol. The number of allylic oxidation sites excluding steroid dienone is 2. The zero-order chi connectivity index (χ0) is 23.9. The Balaban J connectivity index is 1.70. The van der Waals surface area contributed by atoms with Gasteiger partial charge in [0, 0.05) is 39.8 Å². The number of nitrogens with zero attached hydrogens (tertiary/aromatic N) is 4. The van der Waals surface area contributed by atoms with Crippen LogP contribution in [0.1, 0.15) is 17.7 Å². The first-order valence-corrected chi connectivity index (χ1v) is 12.1. The van der Waals surface area contributed by atoms with E-state index in [2.05, 4.69) is 107 Å². The molecule has 1 aliphatic rings. The highest BCUT2D eigenvalue weighted by atomic mass is 15.2. The molecule has 0 spiro atoms.